The molecule has 0 aliphatic rings. The number of hydrogen-bond acceptors (Lipinski definition) is 2. The summed E-state index contributed by atoms with van der Waals surface area (Å²) in [7, 11) is 0. The highest BCUT2D eigenvalue weighted by Crippen LogP contribution is 2.20. The van der Waals surface area contributed by atoms with Gasteiger partial charge in [-0.3, -0.25) is 0 Å². The van der Waals surface area contributed by atoms with E-state index in [9.17, 15) is 4.79 Å². The summed E-state index contributed by atoms with van der Waals surface area (Å²) in [6.45, 7) is 11.7. The molecule has 0 heterocycles. The van der Waals surface area contributed by atoms with Crippen LogP contribution in [0.25, 0.3) is 0 Å². The van der Waals surface area contributed by atoms with Crippen molar-refractivity contribution in [3.05, 3.63) is 0 Å². The van der Waals surface area contributed by atoms with Gasteiger partial charge in [0.05, 0.1) is 0 Å². The first-order chi connectivity index (χ1) is 5.75. The van der Waals surface area contributed by atoms with Gasteiger partial charge in [-0.1, -0.05) is 13.8 Å². The van der Waals surface area contributed by atoms with Gasteiger partial charge < -0.3 is 10.1 Å². The fraction of sp³-hybridized carbons (Fsp3) is 0.900. The monoisotopic (exact) mass is 187 g/mol. The summed E-state index contributed by atoms with van der Waals surface area (Å²) in [6, 6.07) is 0.121. The van der Waals surface area contributed by atoms with Gasteiger partial charge in [-0.2, -0.15) is 0 Å². The molecule has 1 amide bonds. The van der Waals surface area contributed by atoms with Crippen LogP contribution in [0, 0.1) is 5.92 Å². The van der Waals surface area contributed by atoms with Gasteiger partial charge in [0, 0.05) is 6.04 Å². The van der Waals surface area contributed by atoms with Gasteiger partial charge in [-0.05, 0) is 33.6 Å². The van der Waals surface area contributed by atoms with E-state index in [1.807, 2.05) is 41.5 Å². The van der Waals surface area contributed by atoms with Crippen molar-refractivity contribution >= 4 is 6.09 Å². The minimum absolute atomic E-state index is 0.121. The number of hydrogen-bond donors (Lipinski definition) is 1. The van der Waals surface area contributed by atoms with E-state index in [4.69, 9.17) is 4.74 Å². The van der Waals surface area contributed by atoms with Crippen LogP contribution in [-0.2, 0) is 4.74 Å². The topological polar surface area (TPSA) is 38.3 Å². The molecule has 0 atom stereocenters. The van der Waals surface area contributed by atoms with Gasteiger partial charge in [-0.25, -0.2) is 4.79 Å². The smallest absolute Gasteiger partial charge is 0.407 e. The van der Waals surface area contributed by atoms with Crippen LogP contribution in [0.2, 0.25) is 0 Å². The Morgan fingerprint density at radius 2 is 1.69 bits per heavy atom. The normalized spacial score (nSPS) is 12.0. The number of nitrogens with one attached hydrogen (secondary N) is 1. The van der Waals surface area contributed by atoms with Gasteiger partial charge >= 0.3 is 6.09 Å². The molecule has 0 aliphatic carbocycles. The van der Waals surface area contributed by atoms with Crippen molar-refractivity contribution < 1.29 is 9.53 Å². The summed E-state index contributed by atoms with van der Waals surface area (Å²) < 4.78 is 5.26. The molecule has 3 nitrogen and oxygen atoms in total. The van der Waals surface area contributed by atoms with Crippen molar-refractivity contribution in [2.45, 2.75) is 53.2 Å². The number of ether oxygens (including phenoxy) is 1. The van der Waals surface area contributed by atoms with Crippen molar-refractivity contribution in [2.24, 2.45) is 5.92 Å². The first-order valence-corrected chi connectivity index (χ1v) is 4.75. The zero-order chi connectivity index (χ0) is 10.6. The van der Waals surface area contributed by atoms with Crippen LogP contribution in [0.3, 0.4) is 0 Å². The summed E-state index contributed by atoms with van der Waals surface area (Å²) in [5.74, 6) is 0.311. The summed E-state index contributed by atoms with van der Waals surface area (Å²) in [5, 5.41) is 2.69. The molecule has 0 aromatic rings. The van der Waals surface area contributed by atoms with E-state index >= 15 is 0 Å². The molecule has 0 unspecified atom stereocenters. The maximum atomic E-state index is 11.2. The Kier molecular flexibility index (Phi) is 4.24. The third kappa shape index (κ3) is 4.76. The van der Waals surface area contributed by atoms with Crippen molar-refractivity contribution in [1.82, 2.24) is 5.32 Å². The van der Waals surface area contributed by atoms with Crippen molar-refractivity contribution in [3.8, 4) is 0 Å². The fourth-order valence-electron chi connectivity index (χ4n) is 0.622. The fourth-order valence-corrected chi connectivity index (χ4v) is 0.622. The molecule has 0 aliphatic heterocycles. The van der Waals surface area contributed by atoms with Crippen LogP contribution in [-0.4, -0.2) is 17.7 Å². The molecular weight excluding hydrogens is 166 g/mol. The zero-order valence-corrected chi connectivity index (χ0v) is 9.47. The van der Waals surface area contributed by atoms with Gasteiger partial charge in [-0.15, -0.1) is 0 Å². The molecule has 0 aromatic heterocycles. The second kappa shape index (κ2) is 4.49. The van der Waals surface area contributed by atoms with E-state index in [0.717, 1.165) is 0 Å². The maximum Gasteiger partial charge on any atom is 0.407 e. The number of carbonyl (C=O) groups excluding carboxylic acids is 1. The molecule has 0 radical (unpaired) electrons. The molecular formula is C10H21NO2. The molecule has 78 valence electrons. The second-order valence-corrected chi connectivity index (χ2v) is 4.45. The Morgan fingerprint density at radius 3 is 2.00 bits per heavy atom. The minimum Gasteiger partial charge on any atom is -0.443 e. The average Bonchev–Trinajstić information content (AvgIpc) is 1.82. The average molecular weight is 187 g/mol. The van der Waals surface area contributed by atoms with E-state index in [1.165, 1.54) is 0 Å². The predicted octanol–water partition coefficient (Wildman–Crippen LogP) is 2.56. The van der Waals surface area contributed by atoms with Gasteiger partial charge in [0.15, 0.2) is 0 Å². The van der Waals surface area contributed by atoms with Crippen LogP contribution in [0.1, 0.15) is 41.5 Å². The van der Waals surface area contributed by atoms with Gasteiger partial charge in [0.25, 0.3) is 0 Å². The lowest BCUT2D eigenvalue weighted by atomic mass is 9.95. The molecule has 0 bridgehead atoms. The minimum atomic E-state index is -0.404. The highest BCUT2D eigenvalue weighted by molar-refractivity contribution is 5.68. The van der Waals surface area contributed by atoms with E-state index in [1.54, 1.807) is 0 Å². The Balaban J connectivity index is 4.05. The van der Waals surface area contributed by atoms with Gasteiger partial charge in [0.1, 0.15) is 5.60 Å². The molecule has 0 saturated carbocycles. The molecule has 0 fully saturated rings. The van der Waals surface area contributed by atoms with E-state index in [2.05, 4.69) is 5.32 Å². The van der Waals surface area contributed by atoms with Crippen LogP contribution < -0.4 is 5.32 Å². The van der Waals surface area contributed by atoms with E-state index in [0.29, 0.717) is 5.92 Å². The third-order valence-electron chi connectivity index (χ3n) is 2.15. The summed E-state index contributed by atoms with van der Waals surface area (Å²) >= 11 is 0. The van der Waals surface area contributed by atoms with Gasteiger partial charge in [0.2, 0.25) is 0 Å². The van der Waals surface area contributed by atoms with Crippen LogP contribution >= 0.6 is 0 Å². The highest BCUT2D eigenvalue weighted by atomic mass is 16.6. The summed E-state index contributed by atoms with van der Waals surface area (Å²) in [6.07, 6.45) is -0.339. The van der Waals surface area contributed by atoms with Crippen molar-refractivity contribution in [3.63, 3.8) is 0 Å². The molecule has 1 N–H and O–H groups in total. The molecule has 0 spiro atoms. The predicted molar refractivity (Wildman–Crippen MR) is 53.7 cm³/mol. The van der Waals surface area contributed by atoms with E-state index in [-0.39, 0.29) is 12.1 Å². The molecule has 0 saturated heterocycles. The molecule has 0 rings (SSSR count). The molecule has 13 heavy (non-hydrogen) atoms. The lowest BCUT2D eigenvalue weighted by molar-refractivity contribution is 0.00420. The number of carbonyl (C=O) groups is 1. The van der Waals surface area contributed by atoms with E-state index < -0.39 is 5.60 Å². The van der Waals surface area contributed by atoms with Crippen molar-refractivity contribution in [1.29, 1.82) is 0 Å². The lowest BCUT2D eigenvalue weighted by Crippen LogP contribution is -2.40. The summed E-state index contributed by atoms with van der Waals surface area (Å²) in [4.78, 5) is 11.2. The maximum absolute atomic E-state index is 11.2. The third-order valence-corrected chi connectivity index (χ3v) is 2.15. The van der Waals surface area contributed by atoms with Crippen LogP contribution in [0.4, 0.5) is 4.79 Å². The van der Waals surface area contributed by atoms with Crippen LogP contribution in [0.5, 0.6) is 0 Å². The number of amides is 1. The highest BCUT2D eigenvalue weighted by Gasteiger charge is 2.26. The number of alkyl carbamates (subject to hydrolysis) is 1. The standard InChI is InChI=1S/C10H21NO2/c1-7(2)10(5,6)13-9(12)11-8(3)4/h7-8H,1-6H3,(H,11,12). The zero-order valence-electron chi connectivity index (χ0n) is 9.47. The Labute approximate surface area is 80.8 Å². The number of rotatable bonds is 3. The summed E-state index contributed by atoms with van der Waals surface area (Å²) in [5.41, 5.74) is -0.404. The Hall–Kier alpha value is -0.730. The lowest BCUT2D eigenvalue weighted by Gasteiger charge is -2.29. The van der Waals surface area contributed by atoms with Crippen LogP contribution in [0.15, 0.2) is 0 Å². The Morgan fingerprint density at radius 1 is 1.23 bits per heavy atom. The van der Waals surface area contributed by atoms with Crippen molar-refractivity contribution in [2.75, 3.05) is 0 Å². The quantitative estimate of drug-likeness (QED) is 0.737. The second-order valence-electron chi connectivity index (χ2n) is 4.45. The molecule has 0 aromatic carbocycles. The first kappa shape index (κ1) is 12.3. The molecule has 3 heteroatoms. The SMILES string of the molecule is CC(C)NC(=O)OC(C)(C)C(C)C. The first-order valence-electron chi connectivity index (χ1n) is 4.75. The largest absolute Gasteiger partial charge is 0.443 e. The Bertz CT molecular complexity index is 174.